The zero-order valence-corrected chi connectivity index (χ0v) is 11.8. The van der Waals surface area contributed by atoms with Gasteiger partial charge in [-0.15, -0.1) is 11.3 Å². The molecular weight excluding hydrogens is 300 g/mol. The van der Waals surface area contributed by atoms with Crippen LogP contribution in [0.3, 0.4) is 0 Å². The topological polar surface area (TPSA) is 47.3 Å². The molecule has 3 nitrogen and oxygen atoms in total. The molecule has 0 saturated heterocycles. The molecule has 0 saturated carbocycles. The van der Waals surface area contributed by atoms with Gasteiger partial charge in [-0.05, 0) is 39.5 Å². The van der Waals surface area contributed by atoms with Crippen molar-refractivity contribution in [3.8, 4) is 5.75 Å². The number of ether oxygens (including phenoxy) is 1. The fraction of sp³-hybridized carbons (Fsp3) is 0.167. The van der Waals surface area contributed by atoms with Crippen molar-refractivity contribution in [1.82, 2.24) is 0 Å². The minimum absolute atomic E-state index is 0.721. The van der Waals surface area contributed by atoms with Crippen molar-refractivity contribution in [3.63, 3.8) is 0 Å². The van der Waals surface area contributed by atoms with Gasteiger partial charge in [0.25, 0.3) is 0 Å². The van der Waals surface area contributed by atoms with Gasteiger partial charge in [-0.3, -0.25) is 0 Å². The molecule has 90 valence electrons. The summed E-state index contributed by atoms with van der Waals surface area (Å²) in [6.45, 7) is 0.746. The molecule has 0 spiro atoms. The molecule has 17 heavy (non-hydrogen) atoms. The molecule has 0 amide bonds. The fourth-order valence-corrected chi connectivity index (χ4v) is 2.87. The Balaban J connectivity index is 2.11. The van der Waals surface area contributed by atoms with Crippen molar-refractivity contribution in [2.24, 2.45) is 0 Å². The Hall–Kier alpha value is -1.20. The lowest BCUT2D eigenvalue weighted by Crippen LogP contribution is -2.02. The van der Waals surface area contributed by atoms with E-state index in [0.29, 0.717) is 0 Å². The first kappa shape index (κ1) is 12.3. The maximum absolute atomic E-state index is 5.90. The summed E-state index contributed by atoms with van der Waals surface area (Å²) >= 11 is 5.20. The standard InChI is InChI=1S/C12H13BrN2OS/c1-16-8-2-3-10(14)11(6-8)15-7-12-9(13)4-5-17-12/h2-6,15H,7,14H2,1H3. The van der Waals surface area contributed by atoms with E-state index >= 15 is 0 Å². The number of hydrogen-bond acceptors (Lipinski definition) is 4. The molecule has 0 aliphatic carbocycles. The number of benzene rings is 1. The van der Waals surface area contributed by atoms with Crippen LogP contribution < -0.4 is 15.8 Å². The van der Waals surface area contributed by atoms with E-state index in [0.717, 1.165) is 28.1 Å². The quantitative estimate of drug-likeness (QED) is 0.846. The molecule has 1 aromatic carbocycles. The highest BCUT2D eigenvalue weighted by Crippen LogP contribution is 2.27. The normalized spacial score (nSPS) is 10.2. The maximum Gasteiger partial charge on any atom is 0.121 e. The number of hydrogen-bond donors (Lipinski definition) is 2. The molecule has 2 rings (SSSR count). The van der Waals surface area contributed by atoms with Crippen LogP contribution in [0.25, 0.3) is 0 Å². The zero-order valence-electron chi connectivity index (χ0n) is 9.37. The van der Waals surface area contributed by atoms with Crippen molar-refractivity contribution in [2.45, 2.75) is 6.54 Å². The molecule has 0 fully saturated rings. The van der Waals surface area contributed by atoms with Gasteiger partial charge in [0.2, 0.25) is 0 Å². The third-order valence-corrected chi connectivity index (χ3v) is 4.32. The lowest BCUT2D eigenvalue weighted by Gasteiger charge is -2.10. The van der Waals surface area contributed by atoms with E-state index in [4.69, 9.17) is 10.5 Å². The molecule has 1 heterocycles. The molecule has 0 radical (unpaired) electrons. The number of nitrogen functional groups attached to an aromatic ring is 1. The van der Waals surface area contributed by atoms with Crippen molar-refractivity contribution in [2.75, 3.05) is 18.2 Å². The van der Waals surface area contributed by atoms with Crippen molar-refractivity contribution in [1.29, 1.82) is 0 Å². The molecule has 1 aromatic heterocycles. The first-order chi connectivity index (χ1) is 8.20. The number of anilines is 2. The Morgan fingerprint density at radius 3 is 2.88 bits per heavy atom. The van der Waals surface area contributed by atoms with Crippen LogP contribution in [0.5, 0.6) is 5.75 Å². The van der Waals surface area contributed by atoms with Crippen LogP contribution in [-0.4, -0.2) is 7.11 Å². The molecule has 0 aliphatic rings. The summed E-state index contributed by atoms with van der Waals surface area (Å²) in [5.74, 6) is 0.798. The monoisotopic (exact) mass is 312 g/mol. The summed E-state index contributed by atoms with van der Waals surface area (Å²) in [7, 11) is 1.64. The fourth-order valence-electron chi connectivity index (χ4n) is 1.44. The average molecular weight is 313 g/mol. The molecule has 0 atom stereocenters. The summed E-state index contributed by atoms with van der Waals surface area (Å²) in [6.07, 6.45) is 0. The van der Waals surface area contributed by atoms with Crippen LogP contribution in [0.4, 0.5) is 11.4 Å². The van der Waals surface area contributed by atoms with E-state index in [2.05, 4.69) is 26.6 Å². The number of thiophene rings is 1. The SMILES string of the molecule is COc1ccc(N)c(NCc2sccc2Br)c1. The van der Waals surface area contributed by atoms with Gasteiger partial charge in [0, 0.05) is 15.4 Å². The summed E-state index contributed by atoms with van der Waals surface area (Å²) < 4.78 is 6.29. The number of nitrogens with one attached hydrogen (secondary N) is 1. The van der Waals surface area contributed by atoms with Gasteiger partial charge in [-0.25, -0.2) is 0 Å². The number of halogens is 1. The highest BCUT2D eigenvalue weighted by atomic mass is 79.9. The largest absolute Gasteiger partial charge is 0.497 e. The number of nitrogens with two attached hydrogens (primary N) is 1. The maximum atomic E-state index is 5.90. The van der Waals surface area contributed by atoms with Crippen LogP contribution in [-0.2, 0) is 6.54 Å². The van der Waals surface area contributed by atoms with E-state index in [1.54, 1.807) is 18.4 Å². The minimum atomic E-state index is 0.721. The van der Waals surface area contributed by atoms with Crippen molar-refractivity contribution >= 4 is 38.6 Å². The number of methoxy groups -OCH3 is 1. The second-order valence-corrected chi connectivity index (χ2v) is 5.35. The van der Waals surface area contributed by atoms with Gasteiger partial charge in [0.15, 0.2) is 0 Å². The Morgan fingerprint density at radius 1 is 1.41 bits per heavy atom. The van der Waals surface area contributed by atoms with Crippen molar-refractivity contribution < 1.29 is 4.74 Å². The van der Waals surface area contributed by atoms with Crippen LogP contribution in [0.2, 0.25) is 0 Å². The molecule has 2 aromatic rings. The lowest BCUT2D eigenvalue weighted by atomic mass is 10.2. The van der Waals surface area contributed by atoms with Crippen LogP contribution >= 0.6 is 27.3 Å². The van der Waals surface area contributed by atoms with Gasteiger partial charge in [0.05, 0.1) is 25.0 Å². The summed E-state index contributed by atoms with van der Waals surface area (Å²) in [4.78, 5) is 1.24. The molecule has 5 heteroatoms. The van der Waals surface area contributed by atoms with Gasteiger partial charge < -0.3 is 15.8 Å². The third kappa shape index (κ3) is 2.92. The first-order valence-corrected chi connectivity index (χ1v) is 6.77. The highest BCUT2D eigenvalue weighted by Gasteiger charge is 2.04. The average Bonchev–Trinajstić information content (AvgIpc) is 2.74. The summed E-state index contributed by atoms with van der Waals surface area (Å²) in [5, 5.41) is 5.36. The van der Waals surface area contributed by atoms with E-state index in [1.807, 2.05) is 24.3 Å². The van der Waals surface area contributed by atoms with E-state index in [9.17, 15) is 0 Å². The van der Waals surface area contributed by atoms with E-state index in [-0.39, 0.29) is 0 Å². The van der Waals surface area contributed by atoms with Gasteiger partial charge >= 0.3 is 0 Å². The van der Waals surface area contributed by atoms with Gasteiger partial charge in [0.1, 0.15) is 5.75 Å². The Morgan fingerprint density at radius 2 is 2.24 bits per heavy atom. The van der Waals surface area contributed by atoms with Crippen LogP contribution in [0.15, 0.2) is 34.1 Å². The molecule has 0 aliphatic heterocycles. The number of rotatable bonds is 4. The predicted molar refractivity (Wildman–Crippen MR) is 76.8 cm³/mol. The third-order valence-electron chi connectivity index (χ3n) is 2.39. The van der Waals surface area contributed by atoms with E-state index in [1.165, 1.54) is 4.88 Å². The minimum Gasteiger partial charge on any atom is -0.497 e. The predicted octanol–water partition coefficient (Wildman–Crippen LogP) is 3.71. The molecule has 0 bridgehead atoms. The highest BCUT2D eigenvalue weighted by molar-refractivity contribution is 9.10. The Kier molecular flexibility index (Phi) is 3.91. The molecule has 3 N–H and O–H groups in total. The van der Waals surface area contributed by atoms with Gasteiger partial charge in [-0.2, -0.15) is 0 Å². The zero-order chi connectivity index (χ0) is 12.3. The first-order valence-electron chi connectivity index (χ1n) is 5.10. The summed E-state index contributed by atoms with van der Waals surface area (Å²) in [6, 6.07) is 7.62. The molecular formula is C12H13BrN2OS. The van der Waals surface area contributed by atoms with Crippen molar-refractivity contribution in [3.05, 3.63) is 39.0 Å². The van der Waals surface area contributed by atoms with E-state index < -0.39 is 0 Å². The van der Waals surface area contributed by atoms with Gasteiger partial charge in [-0.1, -0.05) is 0 Å². The summed E-state index contributed by atoms with van der Waals surface area (Å²) in [5.41, 5.74) is 7.51. The lowest BCUT2D eigenvalue weighted by molar-refractivity contribution is 0.415. The van der Waals surface area contributed by atoms with Crippen LogP contribution in [0.1, 0.15) is 4.88 Å². The smallest absolute Gasteiger partial charge is 0.121 e. The second kappa shape index (κ2) is 5.42. The second-order valence-electron chi connectivity index (χ2n) is 3.50. The Bertz CT molecular complexity index is 513. The van der Waals surface area contributed by atoms with Crippen LogP contribution in [0, 0.1) is 0 Å². The Labute approximate surface area is 113 Å². The molecule has 0 unspecified atom stereocenters.